The molecule has 0 bridgehead atoms. The fraction of sp³-hybridized carbons (Fsp3) is 0.500. The number of rotatable bonds is 1. The molecule has 2 rings (SSSR count). The van der Waals surface area contributed by atoms with Gasteiger partial charge in [-0.25, -0.2) is 4.98 Å². The van der Waals surface area contributed by atoms with Crippen LogP contribution < -0.4 is 5.32 Å². The van der Waals surface area contributed by atoms with E-state index in [0.29, 0.717) is 5.15 Å². The predicted octanol–water partition coefficient (Wildman–Crippen LogP) is 1.70. The van der Waals surface area contributed by atoms with Crippen LogP contribution in [0.4, 0.5) is 0 Å². The number of ether oxygens (including phenoxy) is 1. The van der Waals surface area contributed by atoms with Gasteiger partial charge < -0.3 is 10.1 Å². The first-order valence-electron chi connectivity index (χ1n) is 4.72. The van der Waals surface area contributed by atoms with E-state index in [2.05, 4.69) is 10.3 Å². The van der Waals surface area contributed by atoms with Crippen molar-refractivity contribution in [2.75, 3.05) is 19.7 Å². The minimum atomic E-state index is 0.118. The van der Waals surface area contributed by atoms with Gasteiger partial charge in [0.15, 0.2) is 0 Å². The molecule has 2 heterocycles. The number of aryl methyl sites for hydroxylation is 1. The largest absolute Gasteiger partial charge is 0.371 e. The maximum Gasteiger partial charge on any atom is 0.131 e. The van der Waals surface area contributed by atoms with Gasteiger partial charge in [-0.1, -0.05) is 11.6 Å². The van der Waals surface area contributed by atoms with Crippen LogP contribution in [0.2, 0.25) is 5.15 Å². The number of pyridine rings is 1. The van der Waals surface area contributed by atoms with E-state index in [4.69, 9.17) is 16.3 Å². The summed E-state index contributed by atoms with van der Waals surface area (Å²) in [6, 6.07) is 2.03. The molecule has 1 aliphatic heterocycles. The van der Waals surface area contributed by atoms with Gasteiger partial charge in [-0.2, -0.15) is 0 Å². The zero-order chi connectivity index (χ0) is 9.97. The first kappa shape index (κ1) is 9.90. The van der Waals surface area contributed by atoms with Crippen LogP contribution in [0.25, 0.3) is 0 Å². The highest BCUT2D eigenvalue weighted by Crippen LogP contribution is 2.21. The summed E-state index contributed by atoms with van der Waals surface area (Å²) in [6.45, 7) is 4.49. The molecule has 0 aromatic carbocycles. The van der Waals surface area contributed by atoms with E-state index in [1.165, 1.54) is 0 Å². The zero-order valence-electron chi connectivity index (χ0n) is 8.09. The Morgan fingerprint density at radius 3 is 3.14 bits per heavy atom. The third-order valence-corrected chi connectivity index (χ3v) is 2.73. The summed E-state index contributed by atoms with van der Waals surface area (Å²) >= 11 is 5.85. The summed E-state index contributed by atoms with van der Waals surface area (Å²) in [7, 11) is 0. The van der Waals surface area contributed by atoms with E-state index in [1.807, 2.05) is 13.0 Å². The van der Waals surface area contributed by atoms with E-state index < -0.39 is 0 Å². The number of hydrogen-bond acceptors (Lipinski definition) is 3. The van der Waals surface area contributed by atoms with E-state index in [9.17, 15) is 0 Å². The van der Waals surface area contributed by atoms with Crippen molar-refractivity contribution >= 4 is 11.6 Å². The molecule has 4 heteroatoms. The van der Waals surface area contributed by atoms with Crippen molar-refractivity contribution < 1.29 is 4.74 Å². The Labute approximate surface area is 88.4 Å². The zero-order valence-corrected chi connectivity index (χ0v) is 8.84. The smallest absolute Gasteiger partial charge is 0.131 e. The highest BCUT2D eigenvalue weighted by molar-refractivity contribution is 6.30. The minimum absolute atomic E-state index is 0.118. The quantitative estimate of drug-likeness (QED) is 0.720. The van der Waals surface area contributed by atoms with E-state index in [1.54, 1.807) is 6.20 Å². The third kappa shape index (κ3) is 2.05. The lowest BCUT2D eigenvalue weighted by molar-refractivity contribution is 0.0274. The van der Waals surface area contributed by atoms with Crippen LogP contribution in [0.1, 0.15) is 17.2 Å². The van der Waals surface area contributed by atoms with E-state index in [0.717, 1.165) is 30.8 Å². The molecule has 1 aromatic heterocycles. The van der Waals surface area contributed by atoms with Crippen LogP contribution in [-0.4, -0.2) is 24.7 Å². The monoisotopic (exact) mass is 212 g/mol. The fourth-order valence-corrected chi connectivity index (χ4v) is 1.64. The standard InChI is InChI=1S/C10H13ClN2O/c1-7-4-8(5-13-10(7)11)9-6-12-2-3-14-9/h4-5,9,12H,2-3,6H2,1H3. The van der Waals surface area contributed by atoms with Crippen molar-refractivity contribution in [3.63, 3.8) is 0 Å². The molecule has 1 aromatic rings. The Morgan fingerprint density at radius 1 is 1.64 bits per heavy atom. The molecule has 1 aliphatic rings. The molecular formula is C10H13ClN2O. The van der Waals surface area contributed by atoms with Gasteiger partial charge in [0.25, 0.3) is 0 Å². The molecule has 3 nitrogen and oxygen atoms in total. The van der Waals surface area contributed by atoms with E-state index >= 15 is 0 Å². The summed E-state index contributed by atoms with van der Waals surface area (Å²) in [4.78, 5) is 4.11. The second kappa shape index (κ2) is 4.26. The van der Waals surface area contributed by atoms with Gasteiger partial charge in [0, 0.05) is 24.8 Å². The predicted molar refractivity (Wildman–Crippen MR) is 55.5 cm³/mol. The molecule has 14 heavy (non-hydrogen) atoms. The van der Waals surface area contributed by atoms with Gasteiger partial charge in [0.2, 0.25) is 0 Å². The van der Waals surface area contributed by atoms with Crippen molar-refractivity contribution in [3.05, 3.63) is 28.5 Å². The Hall–Kier alpha value is -0.640. The second-order valence-electron chi connectivity index (χ2n) is 3.44. The van der Waals surface area contributed by atoms with Crippen LogP contribution in [0, 0.1) is 6.92 Å². The molecule has 0 aliphatic carbocycles. The lowest BCUT2D eigenvalue weighted by Gasteiger charge is -2.23. The maximum absolute atomic E-state index is 5.85. The molecule has 0 saturated carbocycles. The fourth-order valence-electron chi connectivity index (χ4n) is 1.54. The van der Waals surface area contributed by atoms with Crippen molar-refractivity contribution in [2.24, 2.45) is 0 Å². The number of hydrogen-bond donors (Lipinski definition) is 1. The highest BCUT2D eigenvalue weighted by atomic mass is 35.5. The Kier molecular flexibility index (Phi) is 3.01. The first-order chi connectivity index (χ1) is 6.77. The average Bonchev–Trinajstić information content (AvgIpc) is 2.23. The maximum atomic E-state index is 5.85. The van der Waals surface area contributed by atoms with E-state index in [-0.39, 0.29) is 6.10 Å². The summed E-state index contributed by atoms with van der Waals surface area (Å²) in [5.41, 5.74) is 2.09. The number of aromatic nitrogens is 1. The van der Waals surface area contributed by atoms with Crippen LogP contribution in [0.3, 0.4) is 0 Å². The molecule has 1 saturated heterocycles. The number of nitrogens with zero attached hydrogens (tertiary/aromatic N) is 1. The second-order valence-corrected chi connectivity index (χ2v) is 3.80. The highest BCUT2D eigenvalue weighted by Gasteiger charge is 2.16. The molecule has 1 fully saturated rings. The number of halogens is 1. The Balaban J connectivity index is 2.18. The molecule has 1 atom stereocenters. The van der Waals surface area contributed by atoms with Gasteiger partial charge in [-0.15, -0.1) is 0 Å². The van der Waals surface area contributed by atoms with Crippen molar-refractivity contribution in [3.8, 4) is 0 Å². The molecular weight excluding hydrogens is 200 g/mol. The summed E-state index contributed by atoms with van der Waals surface area (Å²) in [6.07, 6.45) is 1.90. The lowest BCUT2D eigenvalue weighted by Crippen LogP contribution is -2.33. The van der Waals surface area contributed by atoms with Crippen LogP contribution in [0.5, 0.6) is 0 Å². The number of morpholine rings is 1. The third-order valence-electron chi connectivity index (χ3n) is 2.33. The molecule has 0 radical (unpaired) electrons. The molecule has 0 amide bonds. The first-order valence-corrected chi connectivity index (χ1v) is 5.09. The van der Waals surface area contributed by atoms with Gasteiger partial charge >= 0.3 is 0 Å². The van der Waals surface area contributed by atoms with Gasteiger partial charge in [-0.05, 0) is 18.6 Å². The van der Waals surface area contributed by atoms with Crippen LogP contribution >= 0.6 is 11.6 Å². The molecule has 1 N–H and O–H groups in total. The Morgan fingerprint density at radius 2 is 2.50 bits per heavy atom. The lowest BCUT2D eigenvalue weighted by atomic mass is 10.1. The van der Waals surface area contributed by atoms with Crippen molar-refractivity contribution in [2.45, 2.75) is 13.0 Å². The topological polar surface area (TPSA) is 34.1 Å². The summed E-state index contributed by atoms with van der Waals surface area (Å²) in [5.74, 6) is 0. The molecule has 0 spiro atoms. The van der Waals surface area contributed by atoms with Crippen LogP contribution in [0.15, 0.2) is 12.3 Å². The van der Waals surface area contributed by atoms with Crippen molar-refractivity contribution in [1.29, 1.82) is 0 Å². The van der Waals surface area contributed by atoms with Gasteiger partial charge in [0.05, 0.1) is 12.7 Å². The van der Waals surface area contributed by atoms with Gasteiger partial charge in [-0.3, -0.25) is 0 Å². The summed E-state index contributed by atoms with van der Waals surface area (Å²) in [5, 5.41) is 3.85. The van der Waals surface area contributed by atoms with Crippen molar-refractivity contribution in [1.82, 2.24) is 10.3 Å². The SMILES string of the molecule is Cc1cc(C2CNCCO2)cnc1Cl. The Bertz CT molecular complexity index is 324. The average molecular weight is 213 g/mol. The minimum Gasteiger partial charge on any atom is -0.371 e. The molecule has 76 valence electrons. The normalized spacial score (nSPS) is 22.3. The summed E-state index contributed by atoms with van der Waals surface area (Å²) < 4.78 is 5.61. The van der Waals surface area contributed by atoms with Gasteiger partial charge in [0.1, 0.15) is 5.15 Å². The molecule has 1 unspecified atom stereocenters. The number of nitrogens with one attached hydrogen (secondary N) is 1. The van der Waals surface area contributed by atoms with Crippen LogP contribution in [-0.2, 0) is 4.74 Å².